The van der Waals surface area contributed by atoms with Crippen molar-refractivity contribution in [1.29, 1.82) is 5.26 Å². The number of nitrogens with one attached hydrogen (secondary N) is 1. The van der Waals surface area contributed by atoms with Gasteiger partial charge in [0.05, 0.1) is 12.5 Å². The van der Waals surface area contributed by atoms with Crippen LogP contribution in [0.5, 0.6) is 0 Å². The lowest BCUT2D eigenvalue weighted by Gasteiger charge is -2.17. The van der Waals surface area contributed by atoms with Crippen molar-refractivity contribution in [1.82, 2.24) is 0 Å². The molecule has 0 spiro atoms. The van der Waals surface area contributed by atoms with Crippen molar-refractivity contribution >= 4 is 23.4 Å². The number of anilines is 1. The molecule has 0 saturated carbocycles. The van der Waals surface area contributed by atoms with Crippen LogP contribution in [-0.4, -0.2) is 5.91 Å². The summed E-state index contributed by atoms with van der Waals surface area (Å²) in [5.41, 5.74) is 2.62. The first-order valence-corrected chi connectivity index (χ1v) is 9.17. The van der Waals surface area contributed by atoms with Crippen LogP contribution < -0.4 is 5.32 Å². The smallest absolute Gasteiger partial charge is 0.242 e. The third-order valence-corrected chi connectivity index (χ3v) is 5.11. The number of amides is 1. The summed E-state index contributed by atoms with van der Waals surface area (Å²) in [6, 6.07) is 29.2. The van der Waals surface area contributed by atoms with Crippen LogP contribution in [-0.2, 0) is 11.2 Å². The molecule has 0 aliphatic carbocycles. The Kier molecular flexibility index (Phi) is 6.08. The quantitative estimate of drug-likeness (QED) is 0.614. The normalized spacial score (nSPS) is 11.3. The van der Waals surface area contributed by atoms with Crippen molar-refractivity contribution in [2.45, 2.75) is 16.6 Å². The summed E-state index contributed by atoms with van der Waals surface area (Å²) >= 11 is 1.53. The van der Waals surface area contributed by atoms with E-state index < -0.39 is 0 Å². The summed E-state index contributed by atoms with van der Waals surface area (Å²) in [5.74, 6) is -0.0712. The molecular weight excluding hydrogens is 340 g/mol. The Hall–Kier alpha value is -3.03. The Morgan fingerprint density at radius 3 is 2.15 bits per heavy atom. The topological polar surface area (TPSA) is 52.9 Å². The van der Waals surface area contributed by atoms with E-state index in [2.05, 4.69) is 11.4 Å². The van der Waals surface area contributed by atoms with Crippen molar-refractivity contribution in [3.05, 3.63) is 96.1 Å². The maximum Gasteiger partial charge on any atom is 0.242 e. The SMILES string of the molecule is N#CCc1ccc(NC(=O)[C@@H](Sc2ccccc2)c2ccccc2)cc1. The number of rotatable bonds is 6. The maximum atomic E-state index is 12.9. The lowest BCUT2D eigenvalue weighted by molar-refractivity contribution is -0.115. The molecule has 1 N–H and O–H groups in total. The fourth-order valence-corrected chi connectivity index (χ4v) is 3.59. The van der Waals surface area contributed by atoms with Gasteiger partial charge >= 0.3 is 0 Å². The Balaban J connectivity index is 1.79. The van der Waals surface area contributed by atoms with Crippen molar-refractivity contribution in [2.75, 3.05) is 5.32 Å². The average Bonchev–Trinajstić information content (AvgIpc) is 2.69. The Labute approximate surface area is 157 Å². The highest BCUT2D eigenvalue weighted by atomic mass is 32.2. The van der Waals surface area contributed by atoms with Crippen LogP contribution in [0, 0.1) is 11.3 Å². The van der Waals surface area contributed by atoms with Gasteiger partial charge in [-0.1, -0.05) is 60.7 Å². The van der Waals surface area contributed by atoms with Gasteiger partial charge in [-0.25, -0.2) is 0 Å². The molecule has 3 rings (SSSR count). The monoisotopic (exact) mass is 358 g/mol. The molecule has 0 bridgehead atoms. The first-order valence-electron chi connectivity index (χ1n) is 8.29. The lowest BCUT2D eigenvalue weighted by Crippen LogP contribution is -2.19. The molecule has 4 heteroatoms. The fourth-order valence-electron chi connectivity index (χ4n) is 2.54. The number of nitrogens with zero attached hydrogens (tertiary/aromatic N) is 1. The molecule has 0 radical (unpaired) electrons. The van der Waals surface area contributed by atoms with Gasteiger partial charge in [-0.05, 0) is 35.4 Å². The van der Waals surface area contributed by atoms with Crippen LogP contribution in [0.2, 0.25) is 0 Å². The molecule has 1 atom stereocenters. The summed E-state index contributed by atoms with van der Waals surface area (Å²) in [5, 5.41) is 11.4. The van der Waals surface area contributed by atoms with E-state index in [1.54, 1.807) is 0 Å². The largest absolute Gasteiger partial charge is 0.325 e. The van der Waals surface area contributed by atoms with Gasteiger partial charge in [0.15, 0.2) is 0 Å². The van der Waals surface area contributed by atoms with Crippen molar-refractivity contribution in [3.63, 3.8) is 0 Å². The van der Waals surface area contributed by atoms with Crippen LogP contribution in [0.15, 0.2) is 89.8 Å². The van der Waals surface area contributed by atoms with Crippen LogP contribution >= 0.6 is 11.8 Å². The molecule has 26 heavy (non-hydrogen) atoms. The first-order chi connectivity index (χ1) is 12.8. The third-order valence-electron chi connectivity index (χ3n) is 3.84. The number of carbonyl (C=O) groups is 1. The second kappa shape index (κ2) is 8.89. The third kappa shape index (κ3) is 4.75. The van der Waals surface area contributed by atoms with Gasteiger partial charge < -0.3 is 5.32 Å². The average molecular weight is 358 g/mol. The van der Waals surface area contributed by atoms with E-state index in [1.165, 1.54) is 11.8 Å². The zero-order chi connectivity index (χ0) is 18.2. The first kappa shape index (κ1) is 17.8. The summed E-state index contributed by atoms with van der Waals surface area (Å²) in [7, 11) is 0. The zero-order valence-electron chi connectivity index (χ0n) is 14.1. The molecule has 3 aromatic rings. The molecule has 0 aromatic heterocycles. The van der Waals surface area contributed by atoms with E-state index in [4.69, 9.17) is 5.26 Å². The van der Waals surface area contributed by atoms with Crippen molar-refractivity contribution in [3.8, 4) is 6.07 Å². The van der Waals surface area contributed by atoms with E-state index in [9.17, 15) is 4.79 Å². The highest BCUT2D eigenvalue weighted by molar-refractivity contribution is 8.00. The highest BCUT2D eigenvalue weighted by Crippen LogP contribution is 2.36. The van der Waals surface area contributed by atoms with E-state index in [0.717, 1.165) is 21.7 Å². The molecule has 0 aliphatic rings. The van der Waals surface area contributed by atoms with E-state index in [-0.39, 0.29) is 11.2 Å². The van der Waals surface area contributed by atoms with Crippen LogP contribution in [0.25, 0.3) is 0 Å². The number of hydrogen-bond donors (Lipinski definition) is 1. The standard InChI is InChI=1S/C22H18N2OS/c23-16-15-17-11-13-19(14-12-17)24-22(25)21(18-7-3-1-4-8-18)26-20-9-5-2-6-10-20/h1-14,21H,15H2,(H,24,25)/t21-/m0/s1. The summed E-state index contributed by atoms with van der Waals surface area (Å²) in [6.07, 6.45) is 0.366. The predicted octanol–water partition coefficient (Wildman–Crippen LogP) is 5.22. The summed E-state index contributed by atoms with van der Waals surface area (Å²) in [4.78, 5) is 14.0. The molecule has 3 aromatic carbocycles. The summed E-state index contributed by atoms with van der Waals surface area (Å²) in [6.45, 7) is 0. The summed E-state index contributed by atoms with van der Waals surface area (Å²) < 4.78 is 0. The van der Waals surface area contributed by atoms with Gasteiger partial charge in [0, 0.05) is 10.6 Å². The molecule has 0 fully saturated rings. The Morgan fingerprint density at radius 2 is 1.54 bits per heavy atom. The van der Waals surface area contributed by atoms with Gasteiger partial charge in [0.1, 0.15) is 5.25 Å². The number of hydrogen-bond acceptors (Lipinski definition) is 3. The van der Waals surface area contributed by atoms with Crippen molar-refractivity contribution < 1.29 is 4.79 Å². The minimum absolute atomic E-state index is 0.0712. The van der Waals surface area contributed by atoms with Gasteiger partial charge in [-0.2, -0.15) is 5.26 Å². The van der Waals surface area contributed by atoms with Crippen LogP contribution in [0.3, 0.4) is 0 Å². The van der Waals surface area contributed by atoms with Gasteiger partial charge in [-0.3, -0.25) is 4.79 Å². The minimum Gasteiger partial charge on any atom is -0.325 e. The number of carbonyl (C=O) groups excluding carboxylic acids is 1. The molecule has 128 valence electrons. The molecule has 3 nitrogen and oxygen atoms in total. The molecule has 0 unspecified atom stereocenters. The van der Waals surface area contributed by atoms with E-state index >= 15 is 0 Å². The predicted molar refractivity (Wildman–Crippen MR) is 106 cm³/mol. The molecule has 0 aliphatic heterocycles. The molecule has 0 heterocycles. The van der Waals surface area contributed by atoms with E-state index in [0.29, 0.717) is 6.42 Å². The lowest BCUT2D eigenvalue weighted by atomic mass is 10.1. The van der Waals surface area contributed by atoms with Gasteiger partial charge in [-0.15, -0.1) is 11.8 Å². The number of benzene rings is 3. The number of thioether (sulfide) groups is 1. The molecule has 0 saturated heterocycles. The van der Waals surface area contributed by atoms with Gasteiger partial charge in [0.2, 0.25) is 5.91 Å². The maximum absolute atomic E-state index is 12.9. The molecule has 1 amide bonds. The zero-order valence-corrected chi connectivity index (χ0v) is 14.9. The second-order valence-electron chi connectivity index (χ2n) is 5.74. The fraction of sp³-hybridized carbons (Fsp3) is 0.0909. The highest BCUT2D eigenvalue weighted by Gasteiger charge is 2.22. The van der Waals surface area contributed by atoms with Gasteiger partial charge in [0.25, 0.3) is 0 Å². The van der Waals surface area contributed by atoms with Crippen molar-refractivity contribution in [2.24, 2.45) is 0 Å². The Morgan fingerprint density at radius 1 is 0.923 bits per heavy atom. The van der Waals surface area contributed by atoms with Crippen LogP contribution in [0.4, 0.5) is 5.69 Å². The Bertz CT molecular complexity index is 887. The van der Waals surface area contributed by atoms with Crippen LogP contribution in [0.1, 0.15) is 16.4 Å². The van der Waals surface area contributed by atoms with E-state index in [1.807, 2.05) is 84.9 Å². The minimum atomic E-state index is -0.350. The number of nitriles is 1. The molecular formula is C22H18N2OS. The second-order valence-corrected chi connectivity index (χ2v) is 6.92.